The monoisotopic (exact) mass is 264 g/mol. The van der Waals surface area contributed by atoms with Gasteiger partial charge in [0, 0.05) is 5.41 Å². The number of ether oxygens (including phenoxy) is 1. The Morgan fingerprint density at radius 1 is 1.00 bits per heavy atom. The van der Waals surface area contributed by atoms with E-state index in [1.54, 1.807) is 7.11 Å². The summed E-state index contributed by atoms with van der Waals surface area (Å²) in [5.74, 6) is 0.933. The third-order valence-electron chi connectivity index (χ3n) is 4.53. The fourth-order valence-corrected chi connectivity index (χ4v) is 3.42. The first-order chi connectivity index (χ1) is 9.74. The molecule has 0 fully saturated rings. The van der Waals surface area contributed by atoms with Gasteiger partial charge in [-0.25, -0.2) is 0 Å². The summed E-state index contributed by atoms with van der Waals surface area (Å²) < 4.78 is 5.38. The molecule has 0 N–H and O–H groups in total. The average Bonchev–Trinajstić information content (AvgIpc) is 3.14. The zero-order valence-electron chi connectivity index (χ0n) is 12.3. The highest BCUT2D eigenvalue weighted by Gasteiger charge is 2.50. The van der Waals surface area contributed by atoms with Gasteiger partial charge in [0.15, 0.2) is 0 Å². The highest BCUT2D eigenvalue weighted by atomic mass is 16.5. The summed E-state index contributed by atoms with van der Waals surface area (Å²) >= 11 is 0. The van der Waals surface area contributed by atoms with Gasteiger partial charge in [-0.15, -0.1) is 0 Å². The fourth-order valence-electron chi connectivity index (χ4n) is 3.42. The molecule has 3 rings (SSSR count). The predicted octanol–water partition coefficient (Wildman–Crippen LogP) is 4.83. The smallest absolute Gasteiger partial charge is 0.119 e. The molecule has 1 heteroatoms. The number of benzene rings is 2. The summed E-state index contributed by atoms with van der Waals surface area (Å²) in [4.78, 5) is 0. The average molecular weight is 264 g/mol. The van der Waals surface area contributed by atoms with E-state index >= 15 is 0 Å². The van der Waals surface area contributed by atoms with Crippen LogP contribution in [0.25, 0.3) is 5.57 Å². The molecule has 0 bridgehead atoms. The molecular weight excluding hydrogens is 244 g/mol. The molecule has 102 valence electrons. The largest absolute Gasteiger partial charge is 0.497 e. The molecule has 0 aromatic heterocycles. The molecular formula is C19H20O. The Morgan fingerprint density at radius 2 is 1.75 bits per heavy atom. The maximum Gasteiger partial charge on any atom is 0.119 e. The van der Waals surface area contributed by atoms with Crippen LogP contribution in [0.5, 0.6) is 5.75 Å². The number of allylic oxidation sites excluding steroid dienone is 2. The Balaban J connectivity index is 2.03. The summed E-state index contributed by atoms with van der Waals surface area (Å²) in [6, 6.07) is 19.2. The second kappa shape index (κ2) is 4.82. The Hall–Kier alpha value is -2.02. The van der Waals surface area contributed by atoms with Crippen LogP contribution in [0.2, 0.25) is 0 Å². The van der Waals surface area contributed by atoms with Gasteiger partial charge in [-0.3, -0.25) is 0 Å². The lowest BCUT2D eigenvalue weighted by molar-refractivity contribution is 0.413. The van der Waals surface area contributed by atoms with Gasteiger partial charge in [0.05, 0.1) is 7.11 Å². The first-order valence-corrected chi connectivity index (χ1v) is 7.16. The van der Waals surface area contributed by atoms with E-state index in [0.717, 1.165) is 12.2 Å². The van der Waals surface area contributed by atoms with Crippen molar-refractivity contribution in [3.8, 4) is 5.75 Å². The summed E-state index contributed by atoms with van der Waals surface area (Å²) in [6.07, 6.45) is 1.09. The van der Waals surface area contributed by atoms with Crippen LogP contribution in [-0.2, 0) is 5.41 Å². The fraction of sp³-hybridized carbons (Fsp3) is 0.263. The predicted molar refractivity (Wildman–Crippen MR) is 84.0 cm³/mol. The zero-order chi connectivity index (χ0) is 14.2. The Bertz CT molecular complexity index is 654. The van der Waals surface area contributed by atoms with Crippen LogP contribution < -0.4 is 4.74 Å². The van der Waals surface area contributed by atoms with Gasteiger partial charge in [0.1, 0.15) is 5.75 Å². The van der Waals surface area contributed by atoms with Crippen LogP contribution in [0.3, 0.4) is 0 Å². The summed E-state index contributed by atoms with van der Waals surface area (Å²) in [5.41, 5.74) is 5.76. The first-order valence-electron chi connectivity index (χ1n) is 7.16. The Labute approximate surface area is 120 Å². The lowest BCUT2D eigenvalue weighted by atomic mass is 9.84. The molecule has 0 saturated heterocycles. The van der Waals surface area contributed by atoms with Gasteiger partial charge in [-0.1, -0.05) is 55.0 Å². The van der Waals surface area contributed by atoms with Gasteiger partial charge >= 0.3 is 0 Å². The first kappa shape index (κ1) is 13.0. The summed E-state index contributed by atoms with van der Waals surface area (Å²) in [5, 5.41) is 0. The SMILES string of the molecule is CCC1(c2cccc(OC)c2)C(C)=C1c1ccccc1. The molecule has 0 saturated carbocycles. The Morgan fingerprint density at radius 3 is 2.40 bits per heavy atom. The van der Waals surface area contributed by atoms with Crippen molar-refractivity contribution < 1.29 is 4.74 Å². The number of rotatable bonds is 4. The van der Waals surface area contributed by atoms with Gasteiger partial charge in [-0.2, -0.15) is 0 Å². The van der Waals surface area contributed by atoms with E-state index < -0.39 is 0 Å². The highest BCUT2D eigenvalue weighted by molar-refractivity contribution is 5.95. The van der Waals surface area contributed by atoms with Crippen molar-refractivity contribution in [1.29, 1.82) is 0 Å². The van der Waals surface area contributed by atoms with E-state index in [0.29, 0.717) is 0 Å². The van der Waals surface area contributed by atoms with E-state index in [1.165, 1.54) is 22.3 Å². The van der Waals surface area contributed by atoms with Crippen LogP contribution in [0.15, 0.2) is 60.2 Å². The lowest BCUT2D eigenvalue weighted by Crippen LogP contribution is -2.11. The molecule has 1 nitrogen and oxygen atoms in total. The molecule has 0 aliphatic heterocycles. The quantitative estimate of drug-likeness (QED) is 0.768. The van der Waals surface area contributed by atoms with Crippen molar-refractivity contribution in [2.75, 3.05) is 7.11 Å². The Kier molecular flexibility index (Phi) is 3.13. The van der Waals surface area contributed by atoms with Gasteiger partial charge in [0.2, 0.25) is 0 Å². The molecule has 0 amide bonds. The highest BCUT2D eigenvalue weighted by Crippen LogP contribution is 2.61. The third-order valence-corrected chi connectivity index (χ3v) is 4.53. The van der Waals surface area contributed by atoms with Crippen molar-refractivity contribution in [2.24, 2.45) is 0 Å². The lowest BCUT2D eigenvalue weighted by Gasteiger charge is -2.19. The molecule has 0 heterocycles. The minimum atomic E-state index is 0.107. The summed E-state index contributed by atoms with van der Waals surface area (Å²) in [6.45, 7) is 4.52. The zero-order valence-corrected chi connectivity index (χ0v) is 12.3. The molecule has 0 radical (unpaired) electrons. The maximum atomic E-state index is 5.38. The third kappa shape index (κ3) is 1.77. The van der Waals surface area contributed by atoms with Crippen LogP contribution >= 0.6 is 0 Å². The van der Waals surface area contributed by atoms with Gasteiger partial charge < -0.3 is 4.74 Å². The van der Waals surface area contributed by atoms with Crippen molar-refractivity contribution in [3.05, 3.63) is 71.3 Å². The second-order valence-electron chi connectivity index (χ2n) is 5.36. The van der Waals surface area contributed by atoms with Crippen molar-refractivity contribution in [3.63, 3.8) is 0 Å². The molecule has 2 aromatic rings. The van der Waals surface area contributed by atoms with Crippen LogP contribution in [0.4, 0.5) is 0 Å². The topological polar surface area (TPSA) is 9.23 Å². The number of methoxy groups -OCH3 is 1. The minimum absolute atomic E-state index is 0.107. The summed E-state index contributed by atoms with van der Waals surface area (Å²) in [7, 11) is 1.73. The molecule has 1 atom stereocenters. The van der Waals surface area contributed by atoms with E-state index in [4.69, 9.17) is 4.74 Å². The van der Waals surface area contributed by atoms with Gasteiger partial charge in [0.25, 0.3) is 0 Å². The second-order valence-corrected chi connectivity index (χ2v) is 5.36. The number of hydrogen-bond donors (Lipinski definition) is 0. The van der Waals surface area contributed by atoms with Crippen LogP contribution in [0.1, 0.15) is 31.4 Å². The molecule has 1 unspecified atom stereocenters. The molecule has 0 spiro atoms. The minimum Gasteiger partial charge on any atom is -0.497 e. The standard InChI is InChI=1S/C19H20O/c1-4-19(16-11-8-12-17(13-16)20-3)14(2)18(19)15-9-6-5-7-10-15/h5-13H,4H2,1-3H3. The maximum absolute atomic E-state index is 5.38. The normalized spacial score (nSPS) is 20.9. The van der Waals surface area contributed by atoms with Crippen LogP contribution in [0, 0.1) is 0 Å². The van der Waals surface area contributed by atoms with Gasteiger partial charge in [-0.05, 0) is 42.2 Å². The van der Waals surface area contributed by atoms with Crippen LogP contribution in [-0.4, -0.2) is 7.11 Å². The molecule has 2 aromatic carbocycles. The van der Waals surface area contributed by atoms with E-state index in [9.17, 15) is 0 Å². The molecule has 1 aliphatic rings. The molecule has 20 heavy (non-hydrogen) atoms. The van der Waals surface area contributed by atoms with E-state index in [1.807, 2.05) is 6.07 Å². The van der Waals surface area contributed by atoms with E-state index in [-0.39, 0.29) is 5.41 Å². The van der Waals surface area contributed by atoms with Crippen molar-refractivity contribution in [1.82, 2.24) is 0 Å². The number of hydrogen-bond acceptors (Lipinski definition) is 1. The van der Waals surface area contributed by atoms with Crippen molar-refractivity contribution in [2.45, 2.75) is 25.7 Å². The molecule has 1 aliphatic carbocycles. The van der Waals surface area contributed by atoms with E-state index in [2.05, 4.69) is 62.4 Å². The van der Waals surface area contributed by atoms with Crippen molar-refractivity contribution >= 4 is 5.57 Å².